The molecule has 0 atom stereocenters. The molecule has 2 rings (SSSR count). The Balaban J connectivity index is 2.12. The molecule has 0 radical (unpaired) electrons. The molecule has 112 valence electrons. The van der Waals surface area contributed by atoms with Gasteiger partial charge in [-0.25, -0.2) is 4.79 Å². The molecule has 0 unspecified atom stereocenters. The molecule has 0 saturated carbocycles. The van der Waals surface area contributed by atoms with Crippen molar-refractivity contribution in [2.75, 3.05) is 13.2 Å². The summed E-state index contributed by atoms with van der Waals surface area (Å²) in [6.45, 7) is 4.87. The summed E-state index contributed by atoms with van der Waals surface area (Å²) in [6, 6.07) is 7.41. The van der Waals surface area contributed by atoms with E-state index >= 15 is 0 Å². The van der Waals surface area contributed by atoms with E-state index < -0.39 is 5.97 Å². The van der Waals surface area contributed by atoms with E-state index in [1.54, 1.807) is 6.92 Å². The number of carbonyl (C=O) groups excluding carboxylic acids is 1. The van der Waals surface area contributed by atoms with Crippen molar-refractivity contribution < 1.29 is 14.3 Å². The third kappa shape index (κ3) is 3.81. The third-order valence-electron chi connectivity index (χ3n) is 2.91. The highest BCUT2D eigenvalue weighted by Gasteiger charge is 2.18. The standard InChI is InChI=1S/C15H19N3O3/c1-3-5-10-21-12-8-6-11(7-9-12)13-14(17-18-16-13)15(19)20-4-2/h6-9H,3-5,10H2,1-2H3,(H,16,17,18). The van der Waals surface area contributed by atoms with Gasteiger partial charge in [-0.1, -0.05) is 13.3 Å². The maximum absolute atomic E-state index is 11.8. The van der Waals surface area contributed by atoms with Crippen molar-refractivity contribution >= 4 is 5.97 Å². The van der Waals surface area contributed by atoms with Crippen LogP contribution >= 0.6 is 0 Å². The summed E-state index contributed by atoms with van der Waals surface area (Å²) in [7, 11) is 0. The second-order valence-corrected chi connectivity index (χ2v) is 4.47. The van der Waals surface area contributed by atoms with E-state index in [2.05, 4.69) is 22.3 Å². The first kappa shape index (κ1) is 15.0. The largest absolute Gasteiger partial charge is 0.494 e. The van der Waals surface area contributed by atoms with E-state index in [4.69, 9.17) is 9.47 Å². The summed E-state index contributed by atoms with van der Waals surface area (Å²) in [5.41, 5.74) is 1.46. The molecule has 0 fully saturated rings. The number of hydrogen-bond donors (Lipinski definition) is 1. The SMILES string of the molecule is CCCCOc1ccc(-c2n[nH]nc2C(=O)OCC)cc1. The Labute approximate surface area is 123 Å². The van der Waals surface area contributed by atoms with Crippen molar-refractivity contribution in [1.82, 2.24) is 15.4 Å². The fourth-order valence-electron chi connectivity index (χ4n) is 1.82. The lowest BCUT2D eigenvalue weighted by atomic mass is 10.1. The summed E-state index contributed by atoms with van der Waals surface area (Å²) in [5.74, 6) is 0.318. The number of carbonyl (C=O) groups is 1. The third-order valence-corrected chi connectivity index (χ3v) is 2.91. The normalized spacial score (nSPS) is 10.4. The predicted octanol–water partition coefficient (Wildman–Crippen LogP) is 2.83. The van der Waals surface area contributed by atoms with Gasteiger partial charge in [-0.15, -0.1) is 5.10 Å². The molecule has 6 heteroatoms. The number of nitrogens with one attached hydrogen (secondary N) is 1. The molecule has 1 heterocycles. The van der Waals surface area contributed by atoms with Crippen molar-refractivity contribution in [2.24, 2.45) is 0 Å². The Hall–Kier alpha value is -2.37. The van der Waals surface area contributed by atoms with Crippen LogP contribution in [0.3, 0.4) is 0 Å². The topological polar surface area (TPSA) is 77.1 Å². The van der Waals surface area contributed by atoms with Gasteiger partial charge in [-0.05, 0) is 37.6 Å². The molecule has 0 aliphatic rings. The Morgan fingerprint density at radius 2 is 1.95 bits per heavy atom. The van der Waals surface area contributed by atoms with Gasteiger partial charge in [0.25, 0.3) is 0 Å². The van der Waals surface area contributed by atoms with E-state index in [1.165, 1.54) is 0 Å². The predicted molar refractivity (Wildman–Crippen MR) is 78.2 cm³/mol. The number of nitrogens with zero attached hydrogens (tertiary/aromatic N) is 2. The molecule has 0 bridgehead atoms. The Morgan fingerprint density at radius 3 is 2.62 bits per heavy atom. The molecule has 1 N–H and O–H groups in total. The minimum absolute atomic E-state index is 0.191. The van der Waals surface area contributed by atoms with Crippen molar-refractivity contribution in [3.8, 4) is 17.0 Å². The van der Waals surface area contributed by atoms with Crippen LogP contribution in [0.1, 0.15) is 37.2 Å². The van der Waals surface area contributed by atoms with Gasteiger partial charge in [0.15, 0.2) is 5.69 Å². The van der Waals surface area contributed by atoms with E-state index in [-0.39, 0.29) is 5.69 Å². The molecule has 0 aliphatic heterocycles. The lowest BCUT2D eigenvalue weighted by Gasteiger charge is -2.06. The van der Waals surface area contributed by atoms with Crippen molar-refractivity contribution in [2.45, 2.75) is 26.7 Å². The maximum Gasteiger partial charge on any atom is 0.361 e. The molecule has 0 saturated heterocycles. The van der Waals surface area contributed by atoms with Gasteiger partial charge in [0.1, 0.15) is 11.4 Å². The molecule has 1 aromatic carbocycles. The number of aromatic amines is 1. The van der Waals surface area contributed by atoms with Crippen LogP contribution in [0.4, 0.5) is 0 Å². The minimum Gasteiger partial charge on any atom is -0.494 e. The highest BCUT2D eigenvalue weighted by molar-refractivity contribution is 5.93. The second-order valence-electron chi connectivity index (χ2n) is 4.47. The second kappa shape index (κ2) is 7.42. The summed E-state index contributed by atoms with van der Waals surface area (Å²) in [4.78, 5) is 11.8. The van der Waals surface area contributed by atoms with Crippen molar-refractivity contribution in [3.05, 3.63) is 30.0 Å². The monoisotopic (exact) mass is 289 g/mol. The average Bonchev–Trinajstić information content (AvgIpc) is 2.98. The van der Waals surface area contributed by atoms with Crippen LogP contribution in [-0.4, -0.2) is 34.6 Å². The summed E-state index contributed by atoms with van der Waals surface area (Å²) >= 11 is 0. The number of esters is 1. The highest BCUT2D eigenvalue weighted by atomic mass is 16.5. The van der Waals surface area contributed by atoms with Crippen molar-refractivity contribution in [3.63, 3.8) is 0 Å². The van der Waals surface area contributed by atoms with Gasteiger partial charge in [0.2, 0.25) is 0 Å². The number of aromatic nitrogens is 3. The zero-order valence-electron chi connectivity index (χ0n) is 12.3. The quantitative estimate of drug-likeness (QED) is 0.626. The van der Waals surface area contributed by atoms with E-state index in [1.807, 2.05) is 24.3 Å². The fourth-order valence-corrected chi connectivity index (χ4v) is 1.82. The van der Waals surface area contributed by atoms with E-state index in [0.717, 1.165) is 24.2 Å². The van der Waals surface area contributed by atoms with Gasteiger partial charge in [0, 0.05) is 5.56 Å². The number of hydrogen-bond acceptors (Lipinski definition) is 5. The van der Waals surface area contributed by atoms with Gasteiger partial charge in [-0.3, -0.25) is 0 Å². The van der Waals surface area contributed by atoms with Crippen LogP contribution in [0.2, 0.25) is 0 Å². The van der Waals surface area contributed by atoms with Crippen LogP contribution in [0, 0.1) is 0 Å². The van der Waals surface area contributed by atoms with Crippen LogP contribution in [-0.2, 0) is 4.74 Å². The highest BCUT2D eigenvalue weighted by Crippen LogP contribution is 2.23. The number of H-pyrrole nitrogens is 1. The number of rotatable bonds is 7. The van der Waals surface area contributed by atoms with Crippen LogP contribution in [0.15, 0.2) is 24.3 Å². The van der Waals surface area contributed by atoms with Gasteiger partial charge in [-0.2, -0.15) is 10.3 Å². The Bertz CT molecular complexity index is 578. The molecule has 0 amide bonds. The average molecular weight is 289 g/mol. The lowest BCUT2D eigenvalue weighted by molar-refractivity contribution is 0.0520. The molecular weight excluding hydrogens is 270 g/mol. The summed E-state index contributed by atoms with van der Waals surface area (Å²) in [6.07, 6.45) is 2.12. The van der Waals surface area contributed by atoms with Gasteiger partial charge in [0.05, 0.1) is 13.2 Å². The zero-order chi connectivity index (χ0) is 15.1. The van der Waals surface area contributed by atoms with Gasteiger partial charge < -0.3 is 9.47 Å². The number of unbranched alkanes of at least 4 members (excludes halogenated alkanes) is 1. The molecule has 2 aromatic rings. The molecule has 0 spiro atoms. The summed E-state index contributed by atoms with van der Waals surface area (Å²) in [5, 5.41) is 10.3. The molecule has 6 nitrogen and oxygen atoms in total. The zero-order valence-corrected chi connectivity index (χ0v) is 12.3. The number of benzene rings is 1. The molecule has 1 aromatic heterocycles. The molecule has 0 aliphatic carbocycles. The van der Waals surface area contributed by atoms with Crippen molar-refractivity contribution in [1.29, 1.82) is 0 Å². The van der Waals surface area contributed by atoms with E-state index in [9.17, 15) is 4.79 Å². The fraction of sp³-hybridized carbons (Fsp3) is 0.400. The van der Waals surface area contributed by atoms with Gasteiger partial charge >= 0.3 is 5.97 Å². The number of ether oxygens (including phenoxy) is 2. The Kier molecular flexibility index (Phi) is 5.31. The van der Waals surface area contributed by atoms with Crippen LogP contribution in [0.25, 0.3) is 11.3 Å². The minimum atomic E-state index is -0.482. The lowest BCUT2D eigenvalue weighted by Crippen LogP contribution is -2.06. The summed E-state index contributed by atoms with van der Waals surface area (Å²) < 4.78 is 10.6. The maximum atomic E-state index is 11.8. The first-order valence-electron chi connectivity index (χ1n) is 7.07. The first-order valence-corrected chi connectivity index (χ1v) is 7.07. The first-order chi connectivity index (χ1) is 10.3. The van der Waals surface area contributed by atoms with Crippen LogP contribution in [0.5, 0.6) is 5.75 Å². The Morgan fingerprint density at radius 1 is 1.19 bits per heavy atom. The van der Waals surface area contributed by atoms with Crippen LogP contribution < -0.4 is 4.74 Å². The molecule has 21 heavy (non-hydrogen) atoms. The van der Waals surface area contributed by atoms with E-state index in [0.29, 0.717) is 18.9 Å². The smallest absolute Gasteiger partial charge is 0.361 e. The molecular formula is C15H19N3O3.